The molecule has 0 saturated carbocycles. The van der Waals surface area contributed by atoms with Crippen molar-refractivity contribution in [3.8, 4) is 11.1 Å². The second-order valence-corrected chi connectivity index (χ2v) is 5.16. The molecule has 2 aliphatic rings. The van der Waals surface area contributed by atoms with Crippen LogP contribution in [0.15, 0.2) is 42.5 Å². The molecule has 0 bridgehead atoms. The van der Waals surface area contributed by atoms with Crippen molar-refractivity contribution in [2.45, 2.75) is 24.9 Å². The van der Waals surface area contributed by atoms with Gasteiger partial charge in [-0.2, -0.15) is 0 Å². The molecule has 2 heteroatoms. The van der Waals surface area contributed by atoms with Crippen LogP contribution in [-0.2, 0) is 16.9 Å². The lowest BCUT2D eigenvalue weighted by Crippen LogP contribution is -2.32. The van der Waals surface area contributed by atoms with E-state index in [9.17, 15) is 5.26 Å². The predicted octanol–water partition coefficient (Wildman–Crippen LogP) is 3.74. The zero-order chi connectivity index (χ0) is 12.2. The van der Waals surface area contributed by atoms with Crippen LogP contribution in [0.5, 0.6) is 0 Å². The molecule has 0 heterocycles. The standard InChI is InChI=1S/C16H14O2/c17-18-16-10-4-6-11-5-3-8-13(15(11)16)12-7-1-2-9-14(12)16/h1-3,5,7-9,17H,4,6,10H2. The minimum absolute atomic E-state index is 0.624. The Morgan fingerprint density at radius 3 is 2.72 bits per heavy atom. The smallest absolute Gasteiger partial charge is 0.155 e. The fraction of sp³-hybridized carbons (Fsp3) is 0.250. The van der Waals surface area contributed by atoms with E-state index in [1.807, 2.05) is 12.1 Å². The molecule has 90 valence electrons. The lowest BCUT2D eigenvalue weighted by molar-refractivity contribution is -0.317. The van der Waals surface area contributed by atoms with Crippen LogP contribution in [0.2, 0.25) is 0 Å². The summed E-state index contributed by atoms with van der Waals surface area (Å²) in [4.78, 5) is 5.03. The van der Waals surface area contributed by atoms with E-state index in [1.165, 1.54) is 22.3 Å². The highest BCUT2D eigenvalue weighted by atomic mass is 17.1. The lowest BCUT2D eigenvalue weighted by Gasteiger charge is -2.33. The van der Waals surface area contributed by atoms with Gasteiger partial charge in [-0.3, -0.25) is 5.26 Å². The van der Waals surface area contributed by atoms with Gasteiger partial charge < -0.3 is 0 Å². The second-order valence-electron chi connectivity index (χ2n) is 5.16. The van der Waals surface area contributed by atoms with Gasteiger partial charge in [0.1, 0.15) is 0 Å². The Balaban J connectivity index is 2.15. The Bertz CT molecular complexity index is 633. The lowest BCUT2D eigenvalue weighted by atomic mass is 9.78. The largest absolute Gasteiger partial charge is 0.251 e. The number of rotatable bonds is 1. The monoisotopic (exact) mass is 238 g/mol. The Kier molecular flexibility index (Phi) is 1.97. The van der Waals surface area contributed by atoms with Gasteiger partial charge in [-0.15, -0.1) is 0 Å². The van der Waals surface area contributed by atoms with E-state index in [1.54, 1.807) is 0 Å². The van der Waals surface area contributed by atoms with Gasteiger partial charge in [0, 0.05) is 5.56 Å². The quantitative estimate of drug-likeness (QED) is 0.606. The highest BCUT2D eigenvalue weighted by Crippen LogP contribution is 2.54. The van der Waals surface area contributed by atoms with E-state index in [0.717, 1.165) is 24.8 Å². The van der Waals surface area contributed by atoms with E-state index >= 15 is 0 Å². The zero-order valence-electron chi connectivity index (χ0n) is 10.0. The first-order valence-corrected chi connectivity index (χ1v) is 6.42. The molecule has 0 saturated heterocycles. The van der Waals surface area contributed by atoms with Crippen molar-refractivity contribution in [2.75, 3.05) is 0 Å². The van der Waals surface area contributed by atoms with E-state index in [-0.39, 0.29) is 0 Å². The van der Waals surface area contributed by atoms with Crippen LogP contribution in [0.3, 0.4) is 0 Å². The normalized spacial score (nSPS) is 23.6. The third-order valence-electron chi connectivity index (χ3n) is 4.34. The predicted molar refractivity (Wildman–Crippen MR) is 69.3 cm³/mol. The van der Waals surface area contributed by atoms with Gasteiger partial charge in [0.25, 0.3) is 0 Å². The molecule has 18 heavy (non-hydrogen) atoms. The Morgan fingerprint density at radius 1 is 1.00 bits per heavy atom. The molecule has 2 aromatic rings. The van der Waals surface area contributed by atoms with Crippen molar-refractivity contribution in [3.05, 3.63) is 59.2 Å². The Hall–Kier alpha value is -1.64. The van der Waals surface area contributed by atoms with Crippen molar-refractivity contribution in [1.29, 1.82) is 0 Å². The average Bonchev–Trinajstić information content (AvgIpc) is 2.74. The molecule has 2 nitrogen and oxygen atoms in total. The van der Waals surface area contributed by atoms with Crippen molar-refractivity contribution in [1.82, 2.24) is 0 Å². The summed E-state index contributed by atoms with van der Waals surface area (Å²) in [6.45, 7) is 0. The zero-order valence-corrected chi connectivity index (χ0v) is 10.0. The highest BCUT2D eigenvalue weighted by Gasteiger charge is 2.47. The van der Waals surface area contributed by atoms with Crippen LogP contribution < -0.4 is 0 Å². The summed E-state index contributed by atoms with van der Waals surface area (Å²) in [5.74, 6) is 0. The molecule has 1 atom stereocenters. The first-order valence-electron chi connectivity index (χ1n) is 6.42. The molecular formula is C16H14O2. The van der Waals surface area contributed by atoms with Crippen molar-refractivity contribution >= 4 is 0 Å². The van der Waals surface area contributed by atoms with Crippen LogP contribution in [0.25, 0.3) is 11.1 Å². The molecule has 0 aliphatic heterocycles. The number of hydrogen-bond donors (Lipinski definition) is 1. The van der Waals surface area contributed by atoms with Crippen molar-refractivity contribution in [2.24, 2.45) is 0 Å². The number of benzene rings is 2. The molecule has 0 spiro atoms. The van der Waals surface area contributed by atoms with Gasteiger partial charge >= 0.3 is 0 Å². The maximum absolute atomic E-state index is 9.57. The topological polar surface area (TPSA) is 29.5 Å². The number of aryl methyl sites for hydroxylation is 1. The molecule has 4 rings (SSSR count). The third kappa shape index (κ3) is 1.05. The fourth-order valence-electron chi connectivity index (χ4n) is 3.64. The summed E-state index contributed by atoms with van der Waals surface area (Å²) in [6, 6.07) is 14.6. The summed E-state index contributed by atoms with van der Waals surface area (Å²) < 4.78 is 0. The van der Waals surface area contributed by atoms with Gasteiger partial charge in [0.2, 0.25) is 0 Å². The van der Waals surface area contributed by atoms with Gasteiger partial charge in [0.05, 0.1) is 0 Å². The van der Waals surface area contributed by atoms with Crippen LogP contribution >= 0.6 is 0 Å². The van der Waals surface area contributed by atoms with Crippen LogP contribution in [0.4, 0.5) is 0 Å². The molecular weight excluding hydrogens is 224 g/mol. The Morgan fingerprint density at radius 2 is 1.83 bits per heavy atom. The summed E-state index contributed by atoms with van der Waals surface area (Å²) in [5, 5.41) is 9.57. The number of fused-ring (bicyclic) bond motifs is 3. The van der Waals surface area contributed by atoms with Crippen LogP contribution in [0, 0.1) is 0 Å². The third-order valence-corrected chi connectivity index (χ3v) is 4.34. The molecule has 0 radical (unpaired) electrons. The molecule has 0 amide bonds. The summed E-state index contributed by atoms with van der Waals surface area (Å²) >= 11 is 0. The molecule has 1 N–H and O–H groups in total. The molecule has 0 fully saturated rings. The first kappa shape index (κ1) is 10.3. The van der Waals surface area contributed by atoms with E-state index in [2.05, 4.69) is 30.3 Å². The summed E-state index contributed by atoms with van der Waals surface area (Å²) in [5.41, 5.74) is 5.39. The minimum Gasteiger partial charge on any atom is -0.251 e. The minimum atomic E-state index is -0.624. The average molecular weight is 238 g/mol. The molecule has 2 aliphatic carbocycles. The number of hydrogen-bond acceptors (Lipinski definition) is 2. The summed E-state index contributed by atoms with van der Waals surface area (Å²) in [7, 11) is 0. The maximum Gasteiger partial charge on any atom is 0.155 e. The van der Waals surface area contributed by atoms with Crippen LogP contribution in [-0.4, -0.2) is 5.26 Å². The van der Waals surface area contributed by atoms with Gasteiger partial charge in [-0.25, -0.2) is 4.89 Å². The maximum atomic E-state index is 9.57. The van der Waals surface area contributed by atoms with E-state index in [4.69, 9.17) is 4.89 Å². The molecule has 0 aromatic heterocycles. The van der Waals surface area contributed by atoms with E-state index in [0.29, 0.717) is 0 Å². The van der Waals surface area contributed by atoms with Gasteiger partial charge in [0.15, 0.2) is 5.60 Å². The first-order chi connectivity index (χ1) is 8.87. The highest BCUT2D eigenvalue weighted by molar-refractivity contribution is 5.81. The molecule has 2 aromatic carbocycles. The van der Waals surface area contributed by atoms with E-state index < -0.39 is 5.60 Å². The summed E-state index contributed by atoms with van der Waals surface area (Å²) in [6.07, 6.45) is 2.97. The van der Waals surface area contributed by atoms with Gasteiger partial charge in [-0.05, 0) is 41.5 Å². The Labute approximate surface area is 106 Å². The second kappa shape index (κ2) is 3.44. The SMILES string of the molecule is OOC12CCCc3cccc(c31)-c1ccccc12. The van der Waals surface area contributed by atoms with Gasteiger partial charge in [-0.1, -0.05) is 42.5 Å². The molecule has 1 unspecified atom stereocenters. The van der Waals surface area contributed by atoms with Crippen molar-refractivity contribution < 1.29 is 10.1 Å². The fourth-order valence-corrected chi connectivity index (χ4v) is 3.64. The van der Waals surface area contributed by atoms with Crippen LogP contribution in [0.1, 0.15) is 29.5 Å². The van der Waals surface area contributed by atoms with Crippen molar-refractivity contribution in [3.63, 3.8) is 0 Å².